The quantitative estimate of drug-likeness (QED) is 0.433. The minimum Gasteiger partial charge on any atom is -0.454 e. The van der Waals surface area contributed by atoms with Gasteiger partial charge in [0.2, 0.25) is 6.79 Å². The molecule has 1 aliphatic carbocycles. The third-order valence-electron chi connectivity index (χ3n) is 6.22. The predicted molar refractivity (Wildman–Crippen MR) is 114 cm³/mol. The topological polar surface area (TPSA) is 90.3 Å². The predicted octanol–water partition coefficient (Wildman–Crippen LogP) is 0.494. The van der Waals surface area contributed by atoms with E-state index in [4.69, 9.17) is 14.2 Å². The molecule has 0 unspecified atom stereocenters. The highest BCUT2D eigenvalue weighted by Crippen LogP contribution is 2.33. The number of fused-ring (bicyclic) bond motifs is 1. The van der Waals surface area contributed by atoms with E-state index < -0.39 is 11.8 Å². The van der Waals surface area contributed by atoms with Gasteiger partial charge in [-0.1, -0.05) is 11.6 Å². The number of amides is 2. The van der Waals surface area contributed by atoms with Gasteiger partial charge in [-0.3, -0.25) is 9.59 Å². The number of rotatable bonds is 7. The van der Waals surface area contributed by atoms with Crippen LogP contribution in [0.25, 0.3) is 0 Å². The zero-order chi connectivity index (χ0) is 21.5. The van der Waals surface area contributed by atoms with Crippen LogP contribution < -0.4 is 25.0 Å². The summed E-state index contributed by atoms with van der Waals surface area (Å²) < 4.78 is 16.4. The molecular formula is C23H32N3O5+. The third-order valence-corrected chi connectivity index (χ3v) is 6.22. The molecule has 4 rings (SSSR count). The lowest BCUT2D eigenvalue weighted by molar-refractivity contribution is -0.937. The summed E-state index contributed by atoms with van der Waals surface area (Å²) in [7, 11) is 0. The molecule has 2 aliphatic heterocycles. The van der Waals surface area contributed by atoms with E-state index >= 15 is 0 Å². The molecule has 0 aromatic heterocycles. The molecule has 0 spiro atoms. The average Bonchev–Trinajstić information content (AvgIpc) is 3.28. The Hall–Kier alpha value is -2.58. The lowest BCUT2D eigenvalue weighted by Crippen LogP contribution is -3.15. The van der Waals surface area contributed by atoms with Crippen molar-refractivity contribution in [3.05, 3.63) is 35.4 Å². The van der Waals surface area contributed by atoms with Crippen molar-refractivity contribution in [2.75, 3.05) is 46.2 Å². The number of carbonyl (C=O) groups excluding carboxylic acids is 2. The second kappa shape index (κ2) is 10.6. The molecule has 1 saturated heterocycles. The van der Waals surface area contributed by atoms with Crippen molar-refractivity contribution in [2.24, 2.45) is 0 Å². The van der Waals surface area contributed by atoms with Crippen LogP contribution in [0.2, 0.25) is 0 Å². The fourth-order valence-electron chi connectivity index (χ4n) is 4.43. The molecule has 1 atom stereocenters. The fourth-order valence-corrected chi connectivity index (χ4v) is 4.43. The highest BCUT2D eigenvalue weighted by Gasteiger charge is 2.29. The highest BCUT2D eigenvalue weighted by molar-refractivity contribution is 6.35. The summed E-state index contributed by atoms with van der Waals surface area (Å²) in [5.41, 5.74) is 2.43. The van der Waals surface area contributed by atoms with Gasteiger partial charge in [0.15, 0.2) is 11.5 Å². The van der Waals surface area contributed by atoms with Crippen LogP contribution in [0.15, 0.2) is 29.8 Å². The molecule has 0 radical (unpaired) electrons. The maximum Gasteiger partial charge on any atom is 0.309 e. The standard InChI is InChI=1S/C23H31N3O5/c27-22(24-9-8-17-4-2-1-3-5-17)23(28)25-15-19(26-10-12-29-13-11-26)18-6-7-20-21(14-18)31-16-30-20/h4,6-7,14,19H,1-3,5,8-13,15-16H2,(H,24,27)(H,25,28)/p+1/t19-/m0/s1. The molecule has 2 amide bonds. The molecule has 1 aromatic rings. The number of hydrogen-bond acceptors (Lipinski definition) is 5. The molecule has 2 heterocycles. The second-order valence-electron chi connectivity index (χ2n) is 8.26. The molecule has 0 bridgehead atoms. The number of allylic oxidation sites excluding steroid dienone is 1. The summed E-state index contributed by atoms with van der Waals surface area (Å²) in [5, 5.41) is 5.59. The minimum atomic E-state index is -0.587. The summed E-state index contributed by atoms with van der Waals surface area (Å²) in [4.78, 5) is 26.0. The van der Waals surface area contributed by atoms with E-state index in [2.05, 4.69) is 16.7 Å². The van der Waals surface area contributed by atoms with Gasteiger partial charge < -0.3 is 29.7 Å². The normalized spacial score (nSPS) is 19.4. The Morgan fingerprint density at radius 2 is 1.84 bits per heavy atom. The number of morpholine rings is 1. The molecule has 168 valence electrons. The molecular weight excluding hydrogens is 398 g/mol. The summed E-state index contributed by atoms with van der Waals surface area (Å²) in [5.74, 6) is 0.293. The van der Waals surface area contributed by atoms with Crippen molar-refractivity contribution in [1.29, 1.82) is 0 Å². The van der Waals surface area contributed by atoms with Gasteiger partial charge in [0.1, 0.15) is 19.1 Å². The van der Waals surface area contributed by atoms with Crippen LogP contribution in [0.5, 0.6) is 11.5 Å². The Labute approximate surface area is 182 Å². The van der Waals surface area contributed by atoms with Crippen LogP contribution in [0, 0.1) is 0 Å². The number of quaternary nitrogens is 1. The van der Waals surface area contributed by atoms with Crippen molar-refractivity contribution >= 4 is 11.8 Å². The van der Waals surface area contributed by atoms with Gasteiger partial charge in [-0.2, -0.15) is 0 Å². The van der Waals surface area contributed by atoms with Crippen LogP contribution in [0.4, 0.5) is 0 Å². The summed E-state index contributed by atoms with van der Waals surface area (Å²) in [6.07, 6.45) is 7.75. The first-order chi connectivity index (χ1) is 15.2. The Bertz CT molecular complexity index is 819. The highest BCUT2D eigenvalue weighted by atomic mass is 16.7. The van der Waals surface area contributed by atoms with Gasteiger partial charge in [-0.15, -0.1) is 0 Å². The molecule has 0 saturated carbocycles. The molecule has 1 fully saturated rings. The average molecular weight is 431 g/mol. The smallest absolute Gasteiger partial charge is 0.309 e. The van der Waals surface area contributed by atoms with Crippen molar-refractivity contribution in [3.8, 4) is 11.5 Å². The number of nitrogens with one attached hydrogen (secondary N) is 3. The Morgan fingerprint density at radius 3 is 2.65 bits per heavy atom. The van der Waals surface area contributed by atoms with E-state index in [9.17, 15) is 9.59 Å². The van der Waals surface area contributed by atoms with Crippen molar-refractivity contribution < 1.29 is 28.7 Å². The van der Waals surface area contributed by atoms with Crippen LogP contribution in [-0.4, -0.2) is 58.0 Å². The zero-order valence-corrected chi connectivity index (χ0v) is 17.9. The third kappa shape index (κ3) is 5.77. The van der Waals surface area contributed by atoms with E-state index in [-0.39, 0.29) is 12.8 Å². The maximum atomic E-state index is 12.4. The first-order valence-corrected chi connectivity index (χ1v) is 11.3. The van der Waals surface area contributed by atoms with Crippen LogP contribution in [0.3, 0.4) is 0 Å². The summed E-state index contributed by atoms with van der Waals surface area (Å²) in [6.45, 7) is 4.14. The van der Waals surface area contributed by atoms with Gasteiger partial charge in [-0.05, 0) is 50.3 Å². The molecule has 1 aromatic carbocycles. The molecule has 3 aliphatic rings. The van der Waals surface area contributed by atoms with Crippen molar-refractivity contribution in [3.63, 3.8) is 0 Å². The van der Waals surface area contributed by atoms with E-state index in [1.54, 1.807) is 0 Å². The molecule has 31 heavy (non-hydrogen) atoms. The van der Waals surface area contributed by atoms with Crippen molar-refractivity contribution in [2.45, 2.75) is 38.1 Å². The number of carbonyl (C=O) groups is 2. The van der Waals surface area contributed by atoms with Gasteiger partial charge >= 0.3 is 11.8 Å². The molecule has 8 heteroatoms. The van der Waals surface area contributed by atoms with Crippen LogP contribution in [-0.2, 0) is 14.3 Å². The second-order valence-corrected chi connectivity index (χ2v) is 8.26. The van der Waals surface area contributed by atoms with Gasteiger partial charge in [0.05, 0.1) is 19.8 Å². The van der Waals surface area contributed by atoms with E-state index in [0.29, 0.717) is 26.3 Å². The number of hydrogen-bond donors (Lipinski definition) is 3. The first-order valence-electron chi connectivity index (χ1n) is 11.3. The fraction of sp³-hybridized carbons (Fsp3) is 0.565. The Balaban J connectivity index is 1.32. The van der Waals surface area contributed by atoms with Crippen LogP contribution >= 0.6 is 0 Å². The molecule has 8 nitrogen and oxygen atoms in total. The largest absolute Gasteiger partial charge is 0.454 e. The minimum absolute atomic E-state index is 0.00236. The lowest BCUT2D eigenvalue weighted by Gasteiger charge is -2.32. The number of benzene rings is 1. The Morgan fingerprint density at radius 1 is 1.03 bits per heavy atom. The van der Waals surface area contributed by atoms with Crippen LogP contribution in [0.1, 0.15) is 43.7 Å². The van der Waals surface area contributed by atoms with E-state index in [1.165, 1.54) is 23.3 Å². The van der Waals surface area contributed by atoms with Gasteiger partial charge in [0, 0.05) is 12.1 Å². The van der Waals surface area contributed by atoms with Crippen molar-refractivity contribution in [1.82, 2.24) is 10.6 Å². The van der Waals surface area contributed by atoms with E-state index in [0.717, 1.165) is 49.4 Å². The maximum absolute atomic E-state index is 12.4. The zero-order valence-electron chi connectivity index (χ0n) is 17.9. The summed E-state index contributed by atoms with van der Waals surface area (Å²) in [6, 6.07) is 5.88. The van der Waals surface area contributed by atoms with Gasteiger partial charge in [0.25, 0.3) is 0 Å². The molecule has 3 N–H and O–H groups in total. The SMILES string of the molecule is O=C(NCCC1=CCCCC1)C(=O)NC[C@@H](c1ccc2c(c1)OCO2)[NH+]1CCOCC1. The first kappa shape index (κ1) is 21.6. The Kier molecular flexibility index (Phi) is 7.43. The van der Waals surface area contributed by atoms with Gasteiger partial charge in [-0.25, -0.2) is 0 Å². The monoisotopic (exact) mass is 430 g/mol. The lowest BCUT2D eigenvalue weighted by atomic mass is 9.97. The summed E-state index contributed by atoms with van der Waals surface area (Å²) >= 11 is 0. The number of ether oxygens (including phenoxy) is 3. The van der Waals surface area contributed by atoms with E-state index in [1.807, 2.05) is 18.2 Å².